The van der Waals surface area contributed by atoms with Gasteiger partial charge in [0.25, 0.3) is 5.91 Å². The van der Waals surface area contributed by atoms with E-state index in [-0.39, 0.29) is 11.7 Å². The second kappa shape index (κ2) is 8.56. The molecule has 0 aliphatic rings. The van der Waals surface area contributed by atoms with Crippen molar-refractivity contribution in [2.45, 2.75) is 32.9 Å². The standard InChI is InChI=1S/C20H21Cl2NO3/c1-12-5-7-15(8-6-12)19(24)13(2)23(4)20(25)14(3)26-18-10-9-16(21)11-17(18)22/h5-11,13-14H,1-4H3. The maximum Gasteiger partial charge on any atom is 0.263 e. The zero-order chi connectivity index (χ0) is 19.4. The van der Waals surface area contributed by atoms with E-state index in [0.717, 1.165) is 5.56 Å². The Morgan fingerprint density at radius 1 is 1.04 bits per heavy atom. The van der Waals surface area contributed by atoms with Crippen LogP contribution in [-0.4, -0.2) is 35.8 Å². The number of ether oxygens (including phenoxy) is 1. The number of hydrogen-bond acceptors (Lipinski definition) is 3. The van der Waals surface area contributed by atoms with Gasteiger partial charge in [0.15, 0.2) is 11.9 Å². The number of benzene rings is 2. The molecule has 2 aromatic carbocycles. The number of hydrogen-bond donors (Lipinski definition) is 0. The fourth-order valence-corrected chi connectivity index (χ4v) is 2.88. The molecule has 0 saturated heterocycles. The van der Waals surface area contributed by atoms with Crippen molar-refractivity contribution in [3.8, 4) is 5.75 Å². The van der Waals surface area contributed by atoms with Crippen LogP contribution < -0.4 is 4.74 Å². The molecule has 4 nitrogen and oxygen atoms in total. The number of carbonyl (C=O) groups is 2. The van der Waals surface area contributed by atoms with Gasteiger partial charge in [0.2, 0.25) is 0 Å². The van der Waals surface area contributed by atoms with E-state index >= 15 is 0 Å². The van der Waals surface area contributed by atoms with Gasteiger partial charge in [0.1, 0.15) is 5.75 Å². The van der Waals surface area contributed by atoms with Crippen molar-refractivity contribution in [1.82, 2.24) is 4.90 Å². The van der Waals surface area contributed by atoms with Gasteiger partial charge in [-0.15, -0.1) is 0 Å². The highest BCUT2D eigenvalue weighted by Crippen LogP contribution is 2.28. The summed E-state index contributed by atoms with van der Waals surface area (Å²) in [4.78, 5) is 26.6. The average Bonchev–Trinajstić information content (AvgIpc) is 2.62. The Morgan fingerprint density at radius 3 is 2.23 bits per heavy atom. The second-order valence-corrected chi connectivity index (χ2v) is 7.03. The molecule has 0 bridgehead atoms. The third kappa shape index (κ3) is 4.77. The zero-order valence-electron chi connectivity index (χ0n) is 15.1. The fourth-order valence-electron chi connectivity index (χ4n) is 2.42. The van der Waals surface area contributed by atoms with Crippen molar-refractivity contribution in [3.05, 3.63) is 63.6 Å². The molecule has 1 amide bonds. The first-order chi connectivity index (χ1) is 12.2. The highest BCUT2D eigenvalue weighted by molar-refractivity contribution is 6.35. The first kappa shape index (κ1) is 20.3. The van der Waals surface area contributed by atoms with E-state index in [2.05, 4.69) is 0 Å². The Hall–Kier alpha value is -2.04. The lowest BCUT2D eigenvalue weighted by atomic mass is 10.0. The van der Waals surface area contributed by atoms with Crippen LogP contribution in [0.25, 0.3) is 0 Å². The summed E-state index contributed by atoms with van der Waals surface area (Å²) < 4.78 is 5.64. The summed E-state index contributed by atoms with van der Waals surface area (Å²) in [6.45, 7) is 5.27. The molecule has 138 valence electrons. The van der Waals surface area contributed by atoms with E-state index in [0.29, 0.717) is 21.4 Å². The fraction of sp³-hybridized carbons (Fsp3) is 0.300. The number of nitrogens with zero attached hydrogens (tertiary/aromatic N) is 1. The lowest BCUT2D eigenvalue weighted by Crippen LogP contribution is -2.46. The quantitative estimate of drug-likeness (QED) is 0.662. The molecule has 2 aromatic rings. The molecule has 0 radical (unpaired) electrons. The Kier molecular flexibility index (Phi) is 6.68. The van der Waals surface area contributed by atoms with Gasteiger partial charge in [-0.25, -0.2) is 0 Å². The van der Waals surface area contributed by atoms with Crippen LogP contribution in [0.15, 0.2) is 42.5 Å². The monoisotopic (exact) mass is 393 g/mol. The molecular formula is C20H21Cl2NO3. The van der Waals surface area contributed by atoms with E-state index in [9.17, 15) is 9.59 Å². The van der Waals surface area contributed by atoms with Crippen molar-refractivity contribution in [2.24, 2.45) is 0 Å². The Morgan fingerprint density at radius 2 is 1.65 bits per heavy atom. The molecule has 0 spiro atoms. The second-order valence-electron chi connectivity index (χ2n) is 6.19. The first-order valence-electron chi connectivity index (χ1n) is 8.20. The number of amides is 1. The van der Waals surface area contributed by atoms with Gasteiger partial charge in [-0.1, -0.05) is 53.0 Å². The predicted octanol–water partition coefficient (Wildman–Crippen LogP) is 4.80. The van der Waals surface area contributed by atoms with E-state index in [1.165, 1.54) is 4.90 Å². The molecular weight excluding hydrogens is 373 g/mol. The van der Waals surface area contributed by atoms with Crippen LogP contribution in [0.1, 0.15) is 29.8 Å². The molecule has 0 fully saturated rings. The largest absolute Gasteiger partial charge is 0.479 e. The molecule has 0 aliphatic carbocycles. The summed E-state index contributed by atoms with van der Waals surface area (Å²) >= 11 is 11.9. The predicted molar refractivity (Wildman–Crippen MR) is 104 cm³/mol. The lowest BCUT2D eigenvalue weighted by molar-refractivity contribution is -0.137. The minimum absolute atomic E-state index is 0.127. The Labute approximate surface area is 163 Å². The van der Waals surface area contributed by atoms with Gasteiger partial charge in [0.05, 0.1) is 11.1 Å². The van der Waals surface area contributed by atoms with Crippen molar-refractivity contribution < 1.29 is 14.3 Å². The summed E-state index contributed by atoms with van der Waals surface area (Å²) in [5.41, 5.74) is 1.64. The van der Waals surface area contributed by atoms with Crippen molar-refractivity contribution in [1.29, 1.82) is 0 Å². The maximum absolute atomic E-state index is 12.6. The summed E-state index contributed by atoms with van der Waals surface area (Å²) in [6.07, 6.45) is -0.799. The number of rotatable bonds is 6. The summed E-state index contributed by atoms with van der Waals surface area (Å²) in [5.74, 6) is -0.0793. The summed E-state index contributed by atoms with van der Waals surface area (Å²) in [6, 6.07) is 11.4. The molecule has 0 saturated carbocycles. The molecule has 0 aromatic heterocycles. The van der Waals surface area contributed by atoms with E-state index < -0.39 is 12.1 Å². The number of likely N-dealkylation sites (N-methyl/N-ethyl adjacent to an activating group) is 1. The smallest absolute Gasteiger partial charge is 0.263 e. The zero-order valence-corrected chi connectivity index (χ0v) is 16.6. The van der Waals surface area contributed by atoms with E-state index in [1.807, 2.05) is 19.1 Å². The van der Waals surface area contributed by atoms with Crippen LogP contribution in [0.5, 0.6) is 5.75 Å². The highest BCUT2D eigenvalue weighted by Gasteiger charge is 2.28. The normalized spacial score (nSPS) is 13.0. The third-order valence-corrected chi connectivity index (χ3v) is 4.72. The number of ketones is 1. The van der Waals surface area contributed by atoms with Crippen molar-refractivity contribution in [2.75, 3.05) is 7.05 Å². The minimum atomic E-state index is -0.799. The topological polar surface area (TPSA) is 46.6 Å². The highest BCUT2D eigenvalue weighted by atomic mass is 35.5. The van der Waals surface area contributed by atoms with Gasteiger partial charge in [-0.05, 0) is 39.0 Å². The molecule has 2 atom stereocenters. The van der Waals surface area contributed by atoms with Gasteiger partial charge in [-0.3, -0.25) is 9.59 Å². The maximum atomic E-state index is 12.6. The van der Waals surface area contributed by atoms with Crippen LogP contribution in [0.3, 0.4) is 0 Å². The minimum Gasteiger partial charge on any atom is -0.479 e. The summed E-state index contributed by atoms with van der Waals surface area (Å²) in [5, 5.41) is 0.805. The number of carbonyl (C=O) groups excluding carboxylic acids is 2. The van der Waals surface area contributed by atoms with Crippen LogP contribution in [-0.2, 0) is 4.79 Å². The van der Waals surface area contributed by atoms with Gasteiger partial charge >= 0.3 is 0 Å². The van der Waals surface area contributed by atoms with Crippen molar-refractivity contribution in [3.63, 3.8) is 0 Å². The van der Waals surface area contributed by atoms with Crippen LogP contribution in [0.4, 0.5) is 0 Å². The number of halogens is 2. The Balaban J connectivity index is 2.07. The van der Waals surface area contributed by atoms with E-state index in [4.69, 9.17) is 27.9 Å². The van der Waals surface area contributed by atoms with E-state index in [1.54, 1.807) is 51.2 Å². The molecule has 2 rings (SSSR count). The average molecular weight is 394 g/mol. The Bertz CT molecular complexity index is 805. The van der Waals surface area contributed by atoms with Gasteiger partial charge < -0.3 is 9.64 Å². The molecule has 26 heavy (non-hydrogen) atoms. The molecule has 2 unspecified atom stereocenters. The lowest BCUT2D eigenvalue weighted by Gasteiger charge is -2.27. The number of Topliss-reactive ketones (excluding diaryl/α,β-unsaturated/α-hetero) is 1. The first-order valence-corrected chi connectivity index (χ1v) is 8.95. The van der Waals surface area contributed by atoms with Gasteiger partial charge in [0, 0.05) is 17.6 Å². The molecule has 0 heterocycles. The van der Waals surface area contributed by atoms with Crippen LogP contribution >= 0.6 is 23.2 Å². The molecule has 0 aliphatic heterocycles. The molecule has 6 heteroatoms. The number of aryl methyl sites for hydroxylation is 1. The SMILES string of the molecule is Cc1ccc(C(=O)C(C)N(C)C(=O)C(C)Oc2ccc(Cl)cc2Cl)cc1. The molecule has 0 N–H and O–H groups in total. The van der Waals surface area contributed by atoms with Crippen LogP contribution in [0.2, 0.25) is 10.0 Å². The van der Waals surface area contributed by atoms with Gasteiger partial charge in [-0.2, -0.15) is 0 Å². The summed E-state index contributed by atoms with van der Waals surface area (Å²) in [7, 11) is 1.59. The van der Waals surface area contributed by atoms with Crippen molar-refractivity contribution >= 4 is 34.9 Å². The third-order valence-electron chi connectivity index (χ3n) is 4.19. The van der Waals surface area contributed by atoms with Crippen LogP contribution in [0, 0.1) is 6.92 Å².